The van der Waals surface area contributed by atoms with E-state index >= 15 is 0 Å². The van der Waals surface area contributed by atoms with Crippen molar-refractivity contribution in [3.05, 3.63) is 138 Å². The number of imidazole rings is 3. The average Bonchev–Trinajstić information content (AvgIpc) is 4.09. The molecule has 282 valence electrons. The number of nitrogens with zero attached hydrogens (tertiary/aromatic N) is 6. The number of ether oxygens (including phenoxy) is 1. The SMILES string of the molecule is COC(=O)NC(C(=O)N1CCCC1c1ncc(-c2ccc(C#Cc3ccc(-c4cnc(C5CCCN5C(=O)c5nccn5C)[nH]4)cc3)cc2)[nH]1)c1ccccc1. The zero-order valence-corrected chi connectivity index (χ0v) is 31.1. The fraction of sp³-hybridized carbons (Fsp3) is 0.256. The Morgan fingerprint density at radius 2 is 1.32 bits per heavy atom. The van der Waals surface area contributed by atoms with E-state index in [4.69, 9.17) is 4.74 Å². The normalized spacial score (nSPS) is 17.0. The molecule has 2 aliphatic heterocycles. The second-order valence-electron chi connectivity index (χ2n) is 14.0. The van der Waals surface area contributed by atoms with Gasteiger partial charge in [0.25, 0.3) is 11.8 Å². The number of methoxy groups -OCH3 is 1. The van der Waals surface area contributed by atoms with Crippen molar-refractivity contribution in [3.63, 3.8) is 0 Å². The Kier molecular flexibility index (Phi) is 10.2. The van der Waals surface area contributed by atoms with Crippen molar-refractivity contribution in [2.75, 3.05) is 20.2 Å². The van der Waals surface area contributed by atoms with Gasteiger partial charge in [0, 0.05) is 43.7 Å². The maximum atomic E-state index is 13.8. The number of hydrogen-bond acceptors (Lipinski definition) is 7. The average molecular weight is 748 g/mol. The van der Waals surface area contributed by atoms with Gasteiger partial charge in [0.05, 0.1) is 43.0 Å². The van der Waals surface area contributed by atoms with Gasteiger partial charge in [-0.3, -0.25) is 9.59 Å². The summed E-state index contributed by atoms with van der Waals surface area (Å²) in [6.45, 7) is 1.23. The number of amides is 3. The maximum Gasteiger partial charge on any atom is 0.407 e. The molecule has 0 aliphatic carbocycles. The number of aromatic nitrogens is 6. The number of alkyl carbamates (subject to hydrolysis) is 1. The molecule has 2 aliphatic rings. The molecule has 3 unspecified atom stereocenters. The van der Waals surface area contributed by atoms with Crippen molar-refractivity contribution in [2.24, 2.45) is 7.05 Å². The van der Waals surface area contributed by atoms with Gasteiger partial charge in [0.1, 0.15) is 17.7 Å². The summed E-state index contributed by atoms with van der Waals surface area (Å²) in [5.74, 6) is 8.12. The molecule has 2 saturated heterocycles. The van der Waals surface area contributed by atoms with Crippen molar-refractivity contribution < 1.29 is 19.1 Å². The molecule has 0 bridgehead atoms. The maximum absolute atomic E-state index is 13.8. The lowest BCUT2D eigenvalue weighted by Gasteiger charge is -2.28. The molecule has 3 N–H and O–H groups in total. The fourth-order valence-electron chi connectivity index (χ4n) is 7.50. The van der Waals surface area contributed by atoms with E-state index in [-0.39, 0.29) is 23.9 Å². The molecule has 3 amide bonds. The molecule has 3 atom stereocenters. The first kappa shape index (κ1) is 36.1. The minimum absolute atomic E-state index is 0.0855. The van der Waals surface area contributed by atoms with Crippen LogP contribution >= 0.6 is 0 Å². The molecular weight excluding hydrogens is 707 g/mol. The van der Waals surface area contributed by atoms with Crippen molar-refractivity contribution >= 4 is 17.9 Å². The van der Waals surface area contributed by atoms with Crippen LogP contribution in [0, 0.1) is 11.8 Å². The summed E-state index contributed by atoms with van der Waals surface area (Å²) in [5, 5.41) is 2.71. The van der Waals surface area contributed by atoms with Crippen LogP contribution in [-0.4, -0.2) is 77.4 Å². The Hall–Kier alpha value is -6.94. The van der Waals surface area contributed by atoms with E-state index in [2.05, 4.69) is 42.1 Å². The Labute approximate surface area is 324 Å². The number of likely N-dealkylation sites (tertiary alicyclic amines) is 2. The van der Waals surface area contributed by atoms with Crippen molar-refractivity contribution in [1.82, 2.24) is 44.6 Å². The number of benzene rings is 3. The number of hydrogen-bond donors (Lipinski definition) is 3. The van der Waals surface area contributed by atoms with Crippen LogP contribution in [0.15, 0.2) is 104 Å². The predicted octanol–water partition coefficient (Wildman–Crippen LogP) is 6.34. The standard InChI is InChI=1S/C43H41N9O4/c1-50-25-22-44-40(50)42(54)52-24-7-11-36(52)39-46-27-34(48-39)31-20-16-29(17-21-31)13-12-28-14-18-30(19-15-28)33-26-45-38(47-33)35-10-6-23-51(35)41(53)37(49-43(55)56-2)32-8-4-3-5-9-32/h3-5,8-9,14-22,25-27,35-37H,6-7,10-11,23-24H2,1-2H3,(H,45,47)(H,46,48)(H,49,55). The number of rotatable bonds is 8. The lowest BCUT2D eigenvalue weighted by molar-refractivity contribution is -0.134. The van der Waals surface area contributed by atoms with Crippen LogP contribution in [0.1, 0.15) is 82.8 Å². The van der Waals surface area contributed by atoms with E-state index in [0.29, 0.717) is 30.3 Å². The van der Waals surface area contributed by atoms with Gasteiger partial charge < -0.3 is 34.4 Å². The first-order chi connectivity index (χ1) is 27.4. The third-order valence-electron chi connectivity index (χ3n) is 10.5. The highest BCUT2D eigenvalue weighted by Gasteiger charge is 2.37. The van der Waals surface area contributed by atoms with Crippen LogP contribution in [0.25, 0.3) is 22.5 Å². The lowest BCUT2D eigenvalue weighted by atomic mass is 10.1. The Morgan fingerprint density at radius 1 is 0.768 bits per heavy atom. The fourth-order valence-corrected chi connectivity index (χ4v) is 7.50. The van der Waals surface area contributed by atoms with E-state index in [0.717, 1.165) is 65.1 Å². The Bertz CT molecular complexity index is 2400. The van der Waals surface area contributed by atoms with E-state index in [1.54, 1.807) is 28.1 Å². The number of H-pyrrole nitrogens is 2. The van der Waals surface area contributed by atoms with Crippen LogP contribution in [-0.2, 0) is 16.6 Å². The molecule has 13 nitrogen and oxygen atoms in total. The smallest absolute Gasteiger partial charge is 0.407 e. The van der Waals surface area contributed by atoms with Crippen LogP contribution in [0.2, 0.25) is 0 Å². The number of nitrogens with one attached hydrogen (secondary N) is 3. The summed E-state index contributed by atoms with van der Waals surface area (Å²) in [6, 6.07) is 23.9. The summed E-state index contributed by atoms with van der Waals surface area (Å²) < 4.78 is 6.56. The van der Waals surface area contributed by atoms with Gasteiger partial charge in [-0.1, -0.05) is 66.4 Å². The zero-order chi connectivity index (χ0) is 38.6. The van der Waals surface area contributed by atoms with Gasteiger partial charge in [-0.05, 0) is 66.6 Å². The minimum Gasteiger partial charge on any atom is -0.453 e. The van der Waals surface area contributed by atoms with Gasteiger partial charge in [0.15, 0.2) is 5.82 Å². The molecule has 3 aromatic carbocycles. The third kappa shape index (κ3) is 7.41. The zero-order valence-electron chi connectivity index (χ0n) is 31.1. The highest BCUT2D eigenvalue weighted by molar-refractivity contribution is 5.91. The van der Waals surface area contributed by atoms with E-state index in [1.807, 2.05) is 97.0 Å². The van der Waals surface area contributed by atoms with Crippen LogP contribution < -0.4 is 5.32 Å². The second-order valence-corrected chi connectivity index (χ2v) is 14.0. The lowest BCUT2D eigenvalue weighted by Crippen LogP contribution is -2.42. The molecule has 0 radical (unpaired) electrons. The number of carbonyl (C=O) groups is 3. The molecule has 0 saturated carbocycles. The molecule has 5 heterocycles. The molecule has 8 rings (SSSR count). The predicted molar refractivity (Wildman–Crippen MR) is 209 cm³/mol. The summed E-state index contributed by atoms with van der Waals surface area (Å²) in [5.41, 5.74) is 6.08. The molecule has 56 heavy (non-hydrogen) atoms. The minimum atomic E-state index is -0.874. The number of aryl methyl sites for hydroxylation is 1. The summed E-state index contributed by atoms with van der Waals surface area (Å²) in [7, 11) is 3.11. The van der Waals surface area contributed by atoms with Crippen LogP contribution in [0.4, 0.5) is 4.79 Å². The second kappa shape index (κ2) is 15.8. The van der Waals surface area contributed by atoms with Crippen LogP contribution in [0.5, 0.6) is 0 Å². The molecule has 0 spiro atoms. The summed E-state index contributed by atoms with van der Waals surface area (Å²) in [6.07, 6.45) is 9.69. The topological polar surface area (TPSA) is 154 Å². The molecule has 3 aromatic heterocycles. The molecule has 13 heteroatoms. The van der Waals surface area contributed by atoms with E-state index in [1.165, 1.54) is 7.11 Å². The molecule has 6 aromatic rings. The molecular formula is C43H41N9O4. The monoisotopic (exact) mass is 747 g/mol. The number of carbonyl (C=O) groups excluding carboxylic acids is 3. The van der Waals surface area contributed by atoms with Gasteiger partial charge in [-0.25, -0.2) is 19.7 Å². The Morgan fingerprint density at radius 3 is 1.86 bits per heavy atom. The Balaban J connectivity index is 0.906. The van der Waals surface area contributed by atoms with Crippen molar-refractivity contribution in [3.8, 4) is 34.4 Å². The van der Waals surface area contributed by atoms with Crippen LogP contribution in [0.3, 0.4) is 0 Å². The highest BCUT2D eigenvalue weighted by atomic mass is 16.5. The van der Waals surface area contributed by atoms with Gasteiger partial charge >= 0.3 is 6.09 Å². The summed E-state index contributed by atoms with van der Waals surface area (Å²) >= 11 is 0. The quantitative estimate of drug-likeness (QED) is 0.154. The highest BCUT2D eigenvalue weighted by Crippen LogP contribution is 2.35. The first-order valence-corrected chi connectivity index (χ1v) is 18.7. The van der Waals surface area contributed by atoms with Crippen molar-refractivity contribution in [1.29, 1.82) is 0 Å². The van der Waals surface area contributed by atoms with Gasteiger partial charge in [0.2, 0.25) is 0 Å². The number of aromatic amines is 2. The summed E-state index contributed by atoms with van der Waals surface area (Å²) in [4.78, 5) is 63.3. The van der Waals surface area contributed by atoms with E-state index < -0.39 is 12.1 Å². The largest absolute Gasteiger partial charge is 0.453 e. The van der Waals surface area contributed by atoms with Gasteiger partial charge in [-0.15, -0.1) is 0 Å². The van der Waals surface area contributed by atoms with E-state index in [9.17, 15) is 14.4 Å². The first-order valence-electron chi connectivity index (χ1n) is 18.7. The van der Waals surface area contributed by atoms with Gasteiger partial charge in [-0.2, -0.15) is 0 Å². The molecule has 2 fully saturated rings. The third-order valence-corrected chi connectivity index (χ3v) is 10.5. The van der Waals surface area contributed by atoms with Crippen molar-refractivity contribution in [2.45, 2.75) is 43.8 Å².